The highest BCUT2D eigenvalue weighted by Crippen LogP contribution is 2.21. The second-order valence-corrected chi connectivity index (χ2v) is 5.80. The molecule has 102 valence electrons. The van der Waals surface area contributed by atoms with E-state index in [1.54, 1.807) is 11.8 Å². The van der Waals surface area contributed by atoms with E-state index in [0.717, 1.165) is 11.3 Å². The first-order chi connectivity index (χ1) is 9.16. The lowest BCUT2D eigenvalue weighted by Gasteiger charge is -2.04. The van der Waals surface area contributed by atoms with Gasteiger partial charge in [0.25, 0.3) is 5.89 Å². The van der Waals surface area contributed by atoms with Gasteiger partial charge in [-0.05, 0) is 17.2 Å². The van der Waals surface area contributed by atoms with Gasteiger partial charge in [-0.25, -0.2) is 0 Å². The number of nitrogens with zero attached hydrogens (tertiary/aromatic N) is 2. The summed E-state index contributed by atoms with van der Waals surface area (Å²) in [5.41, 5.74) is 0.757. The summed E-state index contributed by atoms with van der Waals surface area (Å²) in [7, 11) is 0. The fraction of sp³-hybridized carbons (Fsp3) is 0.429. The number of rotatable bonds is 6. The number of hydrogen-bond acceptors (Lipinski definition) is 5. The first-order valence-corrected chi connectivity index (χ1v) is 7.45. The van der Waals surface area contributed by atoms with Gasteiger partial charge < -0.3 is 9.63 Å². The summed E-state index contributed by atoms with van der Waals surface area (Å²) < 4.78 is 5.11. The van der Waals surface area contributed by atoms with Crippen molar-refractivity contribution in [3.8, 4) is 0 Å². The number of benzene rings is 1. The maximum absolute atomic E-state index is 10.1. The molecule has 0 saturated heterocycles. The van der Waals surface area contributed by atoms with Crippen molar-refractivity contribution in [2.45, 2.75) is 25.7 Å². The van der Waals surface area contributed by atoms with Gasteiger partial charge >= 0.3 is 0 Å². The minimum Gasteiger partial charge on any atom is -0.378 e. The molecule has 0 aliphatic heterocycles. The lowest BCUT2D eigenvalue weighted by atomic mass is 10.1. The minimum absolute atomic E-state index is 0.256. The fourth-order valence-electron chi connectivity index (χ4n) is 1.60. The molecule has 0 spiro atoms. The monoisotopic (exact) mass is 278 g/mol. The number of aromatic nitrogens is 2. The van der Waals surface area contributed by atoms with E-state index in [1.807, 2.05) is 30.3 Å². The topological polar surface area (TPSA) is 59.2 Å². The summed E-state index contributed by atoms with van der Waals surface area (Å²) in [5, 5.41) is 14.0. The predicted octanol–water partition coefficient (Wildman–Crippen LogP) is 3.04. The Morgan fingerprint density at radius 2 is 2.00 bits per heavy atom. The van der Waals surface area contributed by atoms with Gasteiger partial charge in [-0.3, -0.25) is 0 Å². The third-order valence-electron chi connectivity index (χ3n) is 2.52. The van der Waals surface area contributed by atoms with Crippen molar-refractivity contribution in [3.05, 3.63) is 47.6 Å². The summed E-state index contributed by atoms with van der Waals surface area (Å²) in [6, 6.07) is 9.31. The molecule has 2 rings (SSSR count). The molecule has 1 atom stereocenters. The zero-order valence-electron chi connectivity index (χ0n) is 11.1. The first kappa shape index (κ1) is 14.1. The number of aliphatic hydroxyl groups excluding tert-OH is 1. The highest BCUT2D eigenvalue weighted by Gasteiger charge is 2.17. The molecule has 1 N–H and O–H groups in total. The largest absolute Gasteiger partial charge is 0.378 e. The van der Waals surface area contributed by atoms with Crippen molar-refractivity contribution in [1.82, 2.24) is 10.1 Å². The summed E-state index contributed by atoms with van der Waals surface area (Å²) in [6.45, 7) is 4.35. The standard InChI is InChI=1S/C14H18N2O2S/c1-10(2)8-19-9-12-15-14(18-16-12)13(17)11-6-4-3-5-7-11/h3-7,10,13,17H,8-9H2,1-2H3. The average Bonchev–Trinajstić information content (AvgIpc) is 2.87. The van der Waals surface area contributed by atoms with Gasteiger partial charge in [-0.2, -0.15) is 16.7 Å². The fourth-order valence-corrected chi connectivity index (χ4v) is 2.49. The van der Waals surface area contributed by atoms with Crippen LogP contribution in [0.25, 0.3) is 0 Å². The number of hydrogen-bond donors (Lipinski definition) is 1. The normalized spacial score (nSPS) is 12.8. The molecule has 0 fully saturated rings. The molecule has 19 heavy (non-hydrogen) atoms. The van der Waals surface area contributed by atoms with E-state index >= 15 is 0 Å². The van der Waals surface area contributed by atoms with Crippen molar-refractivity contribution in [2.75, 3.05) is 5.75 Å². The molecular formula is C14H18N2O2S. The van der Waals surface area contributed by atoms with E-state index in [1.165, 1.54) is 0 Å². The van der Waals surface area contributed by atoms with E-state index < -0.39 is 6.10 Å². The van der Waals surface area contributed by atoms with Gasteiger partial charge in [0.15, 0.2) is 11.9 Å². The van der Waals surface area contributed by atoms with Crippen LogP contribution in [0.3, 0.4) is 0 Å². The zero-order valence-corrected chi connectivity index (χ0v) is 11.9. The van der Waals surface area contributed by atoms with Gasteiger partial charge in [-0.15, -0.1) is 0 Å². The maximum atomic E-state index is 10.1. The van der Waals surface area contributed by atoms with Crippen molar-refractivity contribution in [1.29, 1.82) is 0 Å². The van der Waals surface area contributed by atoms with Gasteiger partial charge in [-0.1, -0.05) is 49.3 Å². The van der Waals surface area contributed by atoms with Crippen LogP contribution in [0.1, 0.15) is 37.2 Å². The summed E-state index contributed by atoms with van der Waals surface area (Å²) >= 11 is 1.77. The Balaban J connectivity index is 1.97. The van der Waals surface area contributed by atoms with E-state index in [9.17, 15) is 5.11 Å². The Hall–Kier alpha value is -1.33. The molecule has 2 aromatic rings. The molecule has 0 saturated carbocycles. The highest BCUT2D eigenvalue weighted by atomic mass is 32.2. The molecule has 1 unspecified atom stereocenters. The molecule has 1 aromatic heterocycles. The first-order valence-electron chi connectivity index (χ1n) is 6.30. The maximum Gasteiger partial charge on any atom is 0.260 e. The number of aliphatic hydroxyl groups is 1. The van der Waals surface area contributed by atoms with Crippen LogP contribution in [0.5, 0.6) is 0 Å². The van der Waals surface area contributed by atoms with Crippen LogP contribution >= 0.6 is 11.8 Å². The van der Waals surface area contributed by atoms with Crippen molar-refractivity contribution >= 4 is 11.8 Å². The van der Waals surface area contributed by atoms with Crippen LogP contribution in [0.2, 0.25) is 0 Å². The Morgan fingerprint density at radius 1 is 1.26 bits per heavy atom. The van der Waals surface area contributed by atoms with Gasteiger partial charge in [0.1, 0.15) is 0 Å². The van der Waals surface area contributed by atoms with Crippen LogP contribution in [0, 0.1) is 5.92 Å². The quantitative estimate of drug-likeness (QED) is 0.880. The highest BCUT2D eigenvalue weighted by molar-refractivity contribution is 7.98. The molecule has 1 heterocycles. The van der Waals surface area contributed by atoms with E-state index in [-0.39, 0.29) is 5.89 Å². The lowest BCUT2D eigenvalue weighted by molar-refractivity contribution is 0.170. The smallest absolute Gasteiger partial charge is 0.260 e. The number of thioether (sulfide) groups is 1. The Bertz CT molecular complexity index is 499. The Labute approximate surface area is 117 Å². The summed E-state index contributed by atoms with van der Waals surface area (Å²) in [5.74, 6) is 3.31. The molecule has 0 aliphatic rings. The van der Waals surface area contributed by atoms with Crippen LogP contribution in [0.4, 0.5) is 0 Å². The van der Waals surface area contributed by atoms with Gasteiger partial charge in [0.2, 0.25) is 0 Å². The van der Waals surface area contributed by atoms with E-state index in [0.29, 0.717) is 17.5 Å². The van der Waals surface area contributed by atoms with E-state index in [4.69, 9.17) is 4.52 Å². The Morgan fingerprint density at radius 3 is 2.68 bits per heavy atom. The SMILES string of the molecule is CC(C)CSCc1noc(C(O)c2ccccc2)n1. The zero-order chi connectivity index (χ0) is 13.7. The molecule has 0 bridgehead atoms. The van der Waals surface area contributed by atoms with Crippen LogP contribution in [0.15, 0.2) is 34.9 Å². The molecule has 0 amide bonds. The Kier molecular flexibility index (Phi) is 4.99. The van der Waals surface area contributed by atoms with Crippen LogP contribution in [-0.4, -0.2) is 21.0 Å². The average molecular weight is 278 g/mol. The third-order valence-corrected chi connectivity index (χ3v) is 3.88. The summed E-state index contributed by atoms with van der Waals surface area (Å²) in [4.78, 5) is 4.23. The molecule has 1 aromatic carbocycles. The third kappa shape index (κ3) is 4.08. The molecule has 0 radical (unpaired) electrons. The molecule has 0 aliphatic carbocycles. The predicted molar refractivity (Wildman–Crippen MR) is 75.8 cm³/mol. The van der Waals surface area contributed by atoms with Crippen molar-refractivity contribution in [3.63, 3.8) is 0 Å². The van der Waals surface area contributed by atoms with Gasteiger partial charge in [0.05, 0.1) is 5.75 Å². The van der Waals surface area contributed by atoms with Crippen LogP contribution < -0.4 is 0 Å². The second-order valence-electron chi connectivity index (χ2n) is 4.77. The van der Waals surface area contributed by atoms with Gasteiger partial charge in [0, 0.05) is 0 Å². The minimum atomic E-state index is -0.849. The van der Waals surface area contributed by atoms with Crippen LogP contribution in [-0.2, 0) is 5.75 Å². The molecule has 5 heteroatoms. The van der Waals surface area contributed by atoms with Crippen molar-refractivity contribution in [2.24, 2.45) is 5.92 Å². The van der Waals surface area contributed by atoms with E-state index in [2.05, 4.69) is 24.0 Å². The lowest BCUT2D eigenvalue weighted by Crippen LogP contribution is -2.00. The molecule has 4 nitrogen and oxygen atoms in total. The van der Waals surface area contributed by atoms with Crippen molar-refractivity contribution < 1.29 is 9.63 Å². The summed E-state index contributed by atoms with van der Waals surface area (Å²) in [6.07, 6.45) is -0.849. The molecular weight excluding hydrogens is 260 g/mol. The second kappa shape index (κ2) is 6.73.